The zero-order chi connectivity index (χ0) is 16.2. The monoisotopic (exact) mass is 372 g/mol. The van der Waals surface area contributed by atoms with Crippen molar-refractivity contribution in [3.05, 3.63) is 64.3 Å². The summed E-state index contributed by atoms with van der Waals surface area (Å²) in [5, 5.41) is 14.6. The maximum absolute atomic E-state index is 10.4. The number of hydrogen-bond donors (Lipinski definition) is 2. The average Bonchev–Trinajstić information content (AvgIpc) is 2.60. The van der Waals surface area contributed by atoms with Gasteiger partial charge in [0.2, 0.25) is 0 Å². The van der Waals surface area contributed by atoms with Crippen LogP contribution in [0.2, 0.25) is 0 Å². The first kappa shape index (κ1) is 15.8. The molecule has 4 nitrogen and oxygen atoms in total. The summed E-state index contributed by atoms with van der Waals surface area (Å²) in [6.45, 7) is 1.27. The summed E-state index contributed by atoms with van der Waals surface area (Å²) in [6.07, 6.45) is 1.68. The van der Waals surface area contributed by atoms with Crippen LogP contribution in [0.4, 0.5) is 0 Å². The van der Waals surface area contributed by atoms with Crippen LogP contribution in [0.15, 0.2) is 53.1 Å². The molecule has 0 radical (unpaired) electrons. The Balaban J connectivity index is 1.72. The standard InChI is InChI=1S/C18H17BrN2O2/c1-23-14-6-4-12(5-7-14)10-20-11-13-9-16(19)15-3-2-8-21-17(15)18(13)22/h2-9,20,22H,10-11H2,1H3. The van der Waals surface area contributed by atoms with Crippen LogP contribution in [0.5, 0.6) is 11.5 Å². The predicted molar refractivity (Wildman–Crippen MR) is 94.6 cm³/mol. The molecule has 0 spiro atoms. The summed E-state index contributed by atoms with van der Waals surface area (Å²) in [6, 6.07) is 13.6. The Hall–Kier alpha value is -2.11. The lowest BCUT2D eigenvalue weighted by Crippen LogP contribution is -2.13. The molecule has 2 aromatic carbocycles. The van der Waals surface area contributed by atoms with Gasteiger partial charge in [-0.05, 0) is 29.8 Å². The molecule has 0 unspecified atom stereocenters. The Morgan fingerprint density at radius 3 is 2.70 bits per heavy atom. The van der Waals surface area contributed by atoms with Crippen molar-refractivity contribution in [2.24, 2.45) is 0 Å². The van der Waals surface area contributed by atoms with E-state index in [1.54, 1.807) is 13.3 Å². The van der Waals surface area contributed by atoms with E-state index in [-0.39, 0.29) is 5.75 Å². The Labute approximate surface area is 143 Å². The number of pyridine rings is 1. The van der Waals surface area contributed by atoms with Gasteiger partial charge in [0.05, 0.1) is 7.11 Å². The largest absolute Gasteiger partial charge is 0.505 e. The van der Waals surface area contributed by atoms with E-state index in [0.717, 1.165) is 26.7 Å². The van der Waals surface area contributed by atoms with Gasteiger partial charge in [0.1, 0.15) is 17.0 Å². The summed E-state index contributed by atoms with van der Waals surface area (Å²) < 4.78 is 6.08. The lowest BCUT2D eigenvalue weighted by Gasteiger charge is -2.11. The highest BCUT2D eigenvalue weighted by Crippen LogP contribution is 2.33. The second-order valence-corrected chi connectivity index (χ2v) is 6.07. The second kappa shape index (κ2) is 6.98. The van der Waals surface area contributed by atoms with E-state index in [1.165, 1.54) is 0 Å². The number of fused-ring (bicyclic) bond motifs is 1. The van der Waals surface area contributed by atoms with Gasteiger partial charge in [-0.1, -0.05) is 34.1 Å². The van der Waals surface area contributed by atoms with Crippen LogP contribution in [-0.2, 0) is 13.1 Å². The van der Waals surface area contributed by atoms with E-state index in [9.17, 15) is 5.11 Å². The van der Waals surface area contributed by atoms with Crippen molar-refractivity contribution < 1.29 is 9.84 Å². The smallest absolute Gasteiger partial charge is 0.146 e. The summed E-state index contributed by atoms with van der Waals surface area (Å²) in [5.41, 5.74) is 2.59. The van der Waals surface area contributed by atoms with Gasteiger partial charge in [0.25, 0.3) is 0 Å². The first-order valence-corrected chi connectivity index (χ1v) is 8.07. The highest BCUT2D eigenvalue weighted by Gasteiger charge is 2.10. The summed E-state index contributed by atoms with van der Waals surface area (Å²) in [5.74, 6) is 1.07. The summed E-state index contributed by atoms with van der Waals surface area (Å²) in [7, 11) is 1.65. The molecule has 3 aromatic rings. The van der Waals surface area contributed by atoms with Crippen LogP contribution < -0.4 is 10.1 Å². The fourth-order valence-electron chi connectivity index (χ4n) is 2.46. The van der Waals surface area contributed by atoms with Crippen molar-refractivity contribution in [1.82, 2.24) is 10.3 Å². The van der Waals surface area contributed by atoms with Crippen LogP contribution in [0.1, 0.15) is 11.1 Å². The third-order valence-electron chi connectivity index (χ3n) is 3.70. The zero-order valence-corrected chi connectivity index (χ0v) is 14.3. The molecule has 23 heavy (non-hydrogen) atoms. The summed E-state index contributed by atoms with van der Waals surface area (Å²) >= 11 is 3.54. The van der Waals surface area contributed by atoms with Gasteiger partial charge >= 0.3 is 0 Å². The summed E-state index contributed by atoms with van der Waals surface area (Å²) in [4.78, 5) is 4.27. The molecule has 0 aliphatic carbocycles. The van der Waals surface area contributed by atoms with E-state index in [1.807, 2.05) is 42.5 Å². The number of benzene rings is 2. The number of phenolic OH excluding ortho intramolecular Hbond substituents is 1. The number of methoxy groups -OCH3 is 1. The average molecular weight is 373 g/mol. The lowest BCUT2D eigenvalue weighted by atomic mass is 10.1. The highest BCUT2D eigenvalue weighted by atomic mass is 79.9. The molecule has 1 aromatic heterocycles. The molecule has 118 valence electrons. The number of phenols is 1. The van der Waals surface area contributed by atoms with E-state index in [0.29, 0.717) is 18.6 Å². The Morgan fingerprint density at radius 1 is 1.17 bits per heavy atom. The fraction of sp³-hybridized carbons (Fsp3) is 0.167. The third-order valence-corrected chi connectivity index (χ3v) is 4.35. The molecule has 0 saturated heterocycles. The highest BCUT2D eigenvalue weighted by molar-refractivity contribution is 9.10. The van der Waals surface area contributed by atoms with Crippen LogP contribution in [0.25, 0.3) is 10.9 Å². The second-order valence-electron chi connectivity index (χ2n) is 5.22. The maximum Gasteiger partial charge on any atom is 0.146 e. The molecule has 0 bridgehead atoms. The Morgan fingerprint density at radius 2 is 1.96 bits per heavy atom. The molecule has 0 fully saturated rings. The number of hydrogen-bond acceptors (Lipinski definition) is 4. The van der Waals surface area contributed by atoms with Crippen LogP contribution in [0.3, 0.4) is 0 Å². The van der Waals surface area contributed by atoms with Gasteiger partial charge in [0.15, 0.2) is 0 Å². The van der Waals surface area contributed by atoms with Crippen molar-refractivity contribution >= 4 is 26.8 Å². The lowest BCUT2D eigenvalue weighted by molar-refractivity contribution is 0.414. The maximum atomic E-state index is 10.4. The molecule has 2 N–H and O–H groups in total. The molecule has 3 rings (SSSR count). The quantitative estimate of drug-likeness (QED) is 0.710. The number of rotatable bonds is 5. The topological polar surface area (TPSA) is 54.4 Å². The number of aromatic nitrogens is 1. The number of nitrogens with one attached hydrogen (secondary N) is 1. The third kappa shape index (κ3) is 3.46. The van der Waals surface area contributed by atoms with Crippen LogP contribution in [0, 0.1) is 0 Å². The van der Waals surface area contributed by atoms with Crippen LogP contribution >= 0.6 is 15.9 Å². The van der Waals surface area contributed by atoms with Gasteiger partial charge in [-0.25, -0.2) is 0 Å². The minimum Gasteiger partial charge on any atom is -0.505 e. The minimum atomic E-state index is 0.228. The van der Waals surface area contributed by atoms with Gasteiger partial charge < -0.3 is 15.2 Å². The van der Waals surface area contributed by atoms with Gasteiger partial charge in [-0.2, -0.15) is 0 Å². The normalized spacial score (nSPS) is 10.9. The van der Waals surface area contributed by atoms with Crippen molar-refractivity contribution in [3.8, 4) is 11.5 Å². The number of halogens is 1. The van der Waals surface area contributed by atoms with E-state index < -0.39 is 0 Å². The number of ether oxygens (including phenoxy) is 1. The van der Waals surface area contributed by atoms with Crippen molar-refractivity contribution in [2.75, 3.05) is 7.11 Å². The van der Waals surface area contributed by atoms with E-state index in [2.05, 4.69) is 26.2 Å². The fourth-order valence-corrected chi connectivity index (χ4v) is 3.05. The van der Waals surface area contributed by atoms with Crippen molar-refractivity contribution in [1.29, 1.82) is 0 Å². The van der Waals surface area contributed by atoms with Gasteiger partial charge in [0, 0.05) is 34.7 Å². The molecular formula is C18H17BrN2O2. The zero-order valence-electron chi connectivity index (χ0n) is 12.7. The molecule has 1 heterocycles. The minimum absolute atomic E-state index is 0.228. The van der Waals surface area contributed by atoms with E-state index in [4.69, 9.17) is 4.74 Å². The Bertz CT molecular complexity index is 819. The Kier molecular flexibility index (Phi) is 4.79. The van der Waals surface area contributed by atoms with E-state index >= 15 is 0 Å². The molecule has 0 atom stereocenters. The van der Waals surface area contributed by atoms with Gasteiger partial charge in [-0.15, -0.1) is 0 Å². The molecular weight excluding hydrogens is 356 g/mol. The first-order valence-electron chi connectivity index (χ1n) is 7.28. The number of nitrogens with zero attached hydrogens (tertiary/aromatic N) is 1. The molecule has 0 amide bonds. The molecule has 0 saturated carbocycles. The molecule has 5 heteroatoms. The van der Waals surface area contributed by atoms with Crippen molar-refractivity contribution in [2.45, 2.75) is 13.1 Å². The van der Waals surface area contributed by atoms with Crippen LogP contribution in [-0.4, -0.2) is 17.2 Å². The molecule has 0 aliphatic rings. The van der Waals surface area contributed by atoms with Gasteiger partial charge in [-0.3, -0.25) is 4.98 Å². The SMILES string of the molecule is COc1ccc(CNCc2cc(Br)c3cccnc3c2O)cc1. The number of aromatic hydroxyl groups is 1. The van der Waals surface area contributed by atoms with Crippen molar-refractivity contribution in [3.63, 3.8) is 0 Å². The first-order chi connectivity index (χ1) is 11.2. The predicted octanol–water partition coefficient (Wildman–Crippen LogP) is 4.00. The molecule has 0 aliphatic heterocycles.